The van der Waals surface area contributed by atoms with Crippen molar-refractivity contribution >= 4 is 11.3 Å². The highest BCUT2D eigenvalue weighted by Gasteiger charge is 2.39. The van der Waals surface area contributed by atoms with Crippen LogP contribution in [0.25, 0.3) is 0 Å². The Bertz CT molecular complexity index is 361. The van der Waals surface area contributed by atoms with E-state index in [0.717, 1.165) is 5.92 Å². The molecule has 1 aromatic rings. The molecule has 1 N–H and O–H groups in total. The summed E-state index contributed by atoms with van der Waals surface area (Å²) in [6, 6.07) is 2.37. The van der Waals surface area contributed by atoms with Gasteiger partial charge in [0.15, 0.2) is 0 Å². The maximum atomic E-state index is 3.83. The molecule has 1 saturated carbocycles. The molecule has 0 atom stereocenters. The van der Waals surface area contributed by atoms with Gasteiger partial charge in [0.25, 0.3) is 0 Å². The number of rotatable bonds is 1. The molecule has 3 rings (SSSR count). The Balaban J connectivity index is 1.86. The zero-order valence-corrected chi connectivity index (χ0v) is 10.9. The van der Waals surface area contributed by atoms with Gasteiger partial charge in [0.05, 0.1) is 0 Å². The summed E-state index contributed by atoms with van der Waals surface area (Å²) in [7, 11) is 0. The van der Waals surface area contributed by atoms with Crippen LogP contribution in [0, 0.1) is 5.92 Å². The molecule has 1 fully saturated rings. The maximum absolute atomic E-state index is 3.83. The second-order valence-corrected chi connectivity index (χ2v) is 6.37. The lowest BCUT2D eigenvalue weighted by Crippen LogP contribution is -2.48. The molecule has 16 heavy (non-hydrogen) atoms. The zero-order valence-electron chi connectivity index (χ0n) is 10.1. The Labute approximate surface area is 102 Å². The molecular formula is C14H21NS. The van der Waals surface area contributed by atoms with Crippen molar-refractivity contribution in [3.05, 3.63) is 21.9 Å². The summed E-state index contributed by atoms with van der Waals surface area (Å²) in [6.45, 7) is 3.53. The highest BCUT2D eigenvalue weighted by atomic mass is 32.1. The largest absolute Gasteiger partial charge is 0.307 e. The molecular weight excluding hydrogens is 214 g/mol. The fourth-order valence-corrected chi connectivity index (χ4v) is 4.47. The summed E-state index contributed by atoms with van der Waals surface area (Å²) in [6.07, 6.45) is 8.15. The minimum Gasteiger partial charge on any atom is -0.307 e. The molecule has 1 aliphatic carbocycles. The summed E-state index contributed by atoms with van der Waals surface area (Å²) >= 11 is 1.96. The molecule has 2 heteroatoms. The maximum Gasteiger partial charge on any atom is 0.0446 e. The lowest BCUT2D eigenvalue weighted by Gasteiger charge is -2.44. The van der Waals surface area contributed by atoms with Crippen molar-refractivity contribution in [2.45, 2.75) is 51.0 Å². The van der Waals surface area contributed by atoms with Crippen LogP contribution in [0.4, 0.5) is 0 Å². The second kappa shape index (κ2) is 4.15. The van der Waals surface area contributed by atoms with Crippen LogP contribution < -0.4 is 5.32 Å². The molecule has 1 aromatic heterocycles. The number of hydrogen-bond donors (Lipinski definition) is 1. The van der Waals surface area contributed by atoms with Gasteiger partial charge in [0.1, 0.15) is 0 Å². The lowest BCUT2D eigenvalue weighted by molar-refractivity contribution is 0.179. The number of thiophene rings is 1. The monoisotopic (exact) mass is 235 g/mol. The fourth-order valence-electron chi connectivity index (χ4n) is 3.50. The van der Waals surface area contributed by atoms with Gasteiger partial charge in [0, 0.05) is 17.0 Å². The number of fused-ring (bicyclic) bond motifs is 2. The molecule has 0 bridgehead atoms. The first-order valence-electron chi connectivity index (χ1n) is 6.66. The van der Waals surface area contributed by atoms with Crippen LogP contribution in [0.15, 0.2) is 11.4 Å². The lowest BCUT2D eigenvalue weighted by atomic mass is 9.71. The minimum absolute atomic E-state index is 0.360. The third-order valence-corrected chi connectivity index (χ3v) is 5.59. The van der Waals surface area contributed by atoms with Crippen molar-refractivity contribution in [2.75, 3.05) is 6.54 Å². The molecule has 2 aliphatic rings. The van der Waals surface area contributed by atoms with E-state index in [4.69, 9.17) is 0 Å². The van der Waals surface area contributed by atoms with Crippen LogP contribution in [0.3, 0.4) is 0 Å². The van der Waals surface area contributed by atoms with Gasteiger partial charge in [-0.25, -0.2) is 0 Å². The van der Waals surface area contributed by atoms with E-state index in [1.807, 2.05) is 11.3 Å². The van der Waals surface area contributed by atoms with Gasteiger partial charge < -0.3 is 5.32 Å². The Kier molecular flexibility index (Phi) is 2.80. The topological polar surface area (TPSA) is 12.0 Å². The fraction of sp³-hybridized carbons (Fsp3) is 0.714. The summed E-state index contributed by atoms with van der Waals surface area (Å²) in [4.78, 5) is 1.65. The summed E-state index contributed by atoms with van der Waals surface area (Å²) < 4.78 is 0. The van der Waals surface area contributed by atoms with Crippen molar-refractivity contribution in [2.24, 2.45) is 5.92 Å². The predicted octanol–water partition coefficient (Wildman–Crippen LogP) is 3.69. The first kappa shape index (κ1) is 10.8. The normalized spacial score (nSPS) is 33.9. The van der Waals surface area contributed by atoms with E-state index in [1.54, 1.807) is 10.4 Å². The van der Waals surface area contributed by atoms with Gasteiger partial charge in [-0.2, -0.15) is 0 Å². The van der Waals surface area contributed by atoms with E-state index in [1.165, 1.54) is 45.1 Å². The first-order valence-corrected chi connectivity index (χ1v) is 7.54. The first-order chi connectivity index (χ1) is 7.84. The zero-order chi connectivity index (χ0) is 11.0. The minimum atomic E-state index is 0.360. The van der Waals surface area contributed by atoms with Crippen molar-refractivity contribution in [3.63, 3.8) is 0 Å². The third-order valence-electron chi connectivity index (χ3n) is 4.61. The summed E-state index contributed by atoms with van der Waals surface area (Å²) in [5.74, 6) is 0.983. The molecule has 0 amide bonds. The molecule has 1 nitrogen and oxygen atoms in total. The highest BCUT2D eigenvalue weighted by molar-refractivity contribution is 7.10. The molecule has 1 spiro atoms. The van der Waals surface area contributed by atoms with Crippen LogP contribution in [-0.2, 0) is 12.0 Å². The van der Waals surface area contributed by atoms with Gasteiger partial charge in [-0.3, -0.25) is 0 Å². The summed E-state index contributed by atoms with van der Waals surface area (Å²) in [5, 5.41) is 6.11. The molecule has 1 aliphatic heterocycles. The van der Waals surface area contributed by atoms with E-state index in [9.17, 15) is 0 Å². The molecule has 0 unspecified atom stereocenters. The van der Waals surface area contributed by atoms with Gasteiger partial charge in [-0.05, 0) is 55.0 Å². The van der Waals surface area contributed by atoms with Gasteiger partial charge in [0.2, 0.25) is 0 Å². The molecule has 0 saturated heterocycles. The quantitative estimate of drug-likeness (QED) is 0.783. The number of nitrogens with one attached hydrogen (secondary N) is 1. The van der Waals surface area contributed by atoms with E-state index >= 15 is 0 Å². The van der Waals surface area contributed by atoms with Gasteiger partial charge in [-0.15, -0.1) is 11.3 Å². The van der Waals surface area contributed by atoms with Crippen LogP contribution in [-0.4, -0.2) is 6.54 Å². The van der Waals surface area contributed by atoms with E-state index in [0.29, 0.717) is 5.54 Å². The van der Waals surface area contributed by atoms with Crippen molar-refractivity contribution in [1.82, 2.24) is 5.32 Å². The van der Waals surface area contributed by atoms with Crippen molar-refractivity contribution < 1.29 is 0 Å². The summed E-state index contributed by atoms with van der Waals surface area (Å²) in [5.41, 5.74) is 2.00. The van der Waals surface area contributed by atoms with Crippen LogP contribution in [0.2, 0.25) is 0 Å². The average molecular weight is 235 g/mol. The SMILES string of the molecule is CCC1CCC2(CC1)NCCc1sccc12. The van der Waals surface area contributed by atoms with E-state index in [2.05, 4.69) is 23.7 Å². The van der Waals surface area contributed by atoms with Gasteiger partial charge in [-0.1, -0.05) is 13.3 Å². The van der Waals surface area contributed by atoms with Crippen LogP contribution >= 0.6 is 11.3 Å². The smallest absolute Gasteiger partial charge is 0.0446 e. The van der Waals surface area contributed by atoms with Crippen LogP contribution in [0.5, 0.6) is 0 Å². The third kappa shape index (κ3) is 1.63. The second-order valence-electron chi connectivity index (χ2n) is 5.37. The highest BCUT2D eigenvalue weighted by Crippen LogP contribution is 2.44. The Hall–Kier alpha value is -0.340. The van der Waals surface area contributed by atoms with Crippen molar-refractivity contribution in [3.8, 4) is 0 Å². The van der Waals surface area contributed by atoms with Gasteiger partial charge >= 0.3 is 0 Å². The average Bonchev–Trinajstić information content (AvgIpc) is 2.80. The molecule has 0 radical (unpaired) electrons. The van der Waals surface area contributed by atoms with Crippen molar-refractivity contribution in [1.29, 1.82) is 0 Å². The molecule has 0 aromatic carbocycles. The predicted molar refractivity (Wildman–Crippen MR) is 70.0 cm³/mol. The van der Waals surface area contributed by atoms with E-state index < -0.39 is 0 Å². The molecule has 88 valence electrons. The Morgan fingerprint density at radius 2 is 2.25 bits per heavy atom. The standard InChI is InChI=1S/C14H21NS/c1-2-11-3-7-14(8-4-11)12-6-10-16-13(12)5-9-15-14/h6,10-11,15H,2-5,7-9H2,1H3. The number of hydrogen-bond acceptors (Lipinski definition) is 2. The van der Waals surface area contributed by atoms with E-state index in [-0.39, 0.29) is 0 Å². The molecule has 2 heterocycles. The Morgan fingerprint density at radius 3 is 3.00 bits per heavy atom. The Morgan fingerprint density at radius 1 is 1.44 bits per heavy atom. The van der Waals surface area contributed by atoms with Crippen LogP contribution in [0.1, 0.15) is 49.5 Å².